The topological polar surface area (TPSA) is 98.3 Å². The predicted octanol–water partition coefficient (Wildman–Crippen LogP) is 3.35. The largest absolute Gasteiger partial charge is 0.477 e. The summed E-state index contributed by atoms with van der Waals surface area (Å²) < 4.78 is 39.6. The van der Waals surface area contributed by atoms with E-state index in [0.29, 0.717) is 10.7 Å². The molecule has 1 heterocycles. The van der Waals surface area contributed by atoms with Crippen LogP contribution < -0.4 is 0 Å². The summed E-state index contributed by atoms with van der Waals surface area (Å²) in [6.07, 6.45) is -3.59. The van der Waals surface area contributed by atoms with Gasteiger partial charge in [0.25, 0.3) is 5.69 Å². The number of benzene rings is 1. The summed E-state index contributed by atoms with van der Waals surface area (Å²) in [7, 11) is 0. The molecule has 0 aliphatic carbocycles. The van der Waals surface area contributed by atoms with Gasteiger partial charge in [0.15, 0.2) is 0 Å². The van der Waals surface area contributed by atoms with Gasteiger partial charge in [0.2, 0.25) is 0 Å². The number of nitro groups is 1. The van der Waals surface area contributed by atoms with E-state index < -0.39 is 40.3 Å². The van der Waals surface area contributed by atoms with E-state index in [9.17, 15) is 28.1 Å². The minimum atomic E-state index is -4.62. The summed E-state index contributed by atoms with van der Waals surface area (Å²) in [6.45, 7) is 0. The van der Waals surface area contributed by atoms with Crippen LogP contribution >= 0.6 is 15.9 Å². The molecule has 0 radical (unpaired) electrons. The Morgan fingerprint density at radius 1 is 1.43 bits per heavy atom. The average molecular weight is 394 g/mol. The molecule has 0 spiro atoms. The van der Waals surface area contributed by atoms with E-state index >= 15 is 0 Å². The van der Waals surface area contributed by atoms with Crippen molar-refractivity contribution < 1.29 is 28.0 Å². The number of alkyl halides is 3. The molecule has 0 aliphatic heterocycles. The molecule has 0 bridgehead atoms. The van der Waals surface area contributed by atoms with E-state index in [1.54, 1.807) is 0 Å². The first-order valence-corrected chi connectivity index (χ1v) is 6.69. The quantitative estimate of drug-likeness (QED) is 0.634. The summed E-state index contributed by atoms with van der Waals surface area (Å²) in [6, 6.07) is 1.45. The molecular weight excluding hydrogens is 387 g/mol. The summed E-state index contributed by atoms with van der Waals surface area (Å²) in [5.41, 5.74) is -2.19. The number of aromatic nitrogens is 2. The number of carboxylic acid groups (broad SMARTS) is 1. The van der Waals surface area contributed by atoms with E-state index in [-0.39, 0.29) is 5.69 Å². The number of hydrogen-bond acceptors (Lipinski definition) is 4. The Morgan fingerprint density at radius 3 is 2.52 bits per heavy atom. The number of imidazole rings is 1. The van der Waals surface area contributed by atoms with Crippen LogP contribution in [0.1, 0.15) is 15.9 Å². The number of carboxylic acids is 1. The maximum absolute atomic E-state index is 12.7. The van der Waals surface area contributed by atoms with Crippen LogP contribution in [0, 0.1) is 10.1 Å². The van der Waals surface area contributed by atoms with E-state index in [1.165, 1.54) is 6.20 Å². The van der Waals surface area contributed by atoms with Gasteiger partial charge in [-0.3, -0.25) is 10.1 Å². The van der Waals surface area contributed by atoms with Gasteiger partial charge in [0.1, 0.15) is 16.5 Å². The molecule has 122 valence electrons. The molecular formula is C12H7BrF3N3O4. The molecule has 1 N–H and O–H groups in total. The minimum Gasteiger partial charge on any atom is -0.477 e. The molecule has 0 saturated carbocycles. The third-order valence-electron chi connectivity index (χ3n) is 2.84. The van der Waals surface area contributed by atoms with Crippen LogP contribution in [-0.4, -0.2) is 31.7 Å². The van der Waals surface area contributed by atoms with Gasteiger partial charge < -0.3 is 9.67 Å². The van der Waals surface area contributed by atoms with Crippen molar-refractivity contribution in [3.8, 4) is 5.69 Å². The zero-order valence-electron chi connectivity index (χ0n) is 11.0. The molecule has 0 saturated heterocycles. The Morgan fingerprint density at radius 2 is 2.09 bits per heavy atom. The highest BCUT2D eigenvalue weighted by Gasteiger charge is 2.32. The van der Waals surface area contributed by atoms with Gasteiger partial charge in [0.05, 0.1) is 17.0 Å². The van der Waals surface area contributed by atoms with Crippen LogP contribution in [0.4, 0.5) is 18.9 Å². The smallest absolute Gasteiger partial charge is 0.393 e. The van der Waals surface area contributed by atoms with Crippen molar-refractivity contribution in [3.05, 3.63) is 50.5 Å². The second-order valence-corrected chi connectivity index (χ2v) is 5.27. The third kappa shape index (κ3) is 3.86. The van der Waals surface area contributed by atoms with E-state index in [1.807, 2.05) is 0 Å². The fraction of sp³-hybridized carbons (Fsp3) is 0.167. The van der Waals surface area contributed by atoms with Crippen molar-refractivity contribution in [2.45, 2.75) is 12.6 Å². The SMILES string of the molecule is O=C(O)c1cc(-n2cnc(Br)c2)c(CC(F)(F)F)cc1[N+](=O)[O-]. The zero-order chi connectivity index (χ0) is 17.4. The molecule has 7 nitrogen and oxygen atoms in total. The molecule has 23 heavy (non-hydrogen) atoms. The van der Waals surface area contributed by atoms with Crippen molar-refractivity contribution in [1.29, 1.82) is 0 Å². The standard InChI is InChI=1S/C12H7BrF3N3O4/c13-10-4-18(5-17-10)8-2-7(11(20)21)9(19(22)23)1-6(8)3-12(14,15)16/h1-2,4-5H,3H2,(H,20,21). The highest BCUT2D eigenvalue weighted by atomic mass is 79.9. The lowest BCUT2D eigenvalue weighted by Gasteiger charge is -2.13. The summed E-state index contributed by atoms with van der Waals surface area (Å²) in [5, 5.41) is 20.0. The fourth-order valence-electron chi connectivity index (χ4n) is 1.97. The molecule has 0 atom stereocenters. The highest BCUT2D eigenvalue weighted by molar-refractivity contribution is 9.10. The predicted molar refractivity (Wildman–Crippen MR) is 74.6 cm³/mol. The molecule has 2 aromatic rings. The lowest BCUT2D eigenvalue weighted by atomic mass is 10.0. The molecule has 1 aromatic heterocycles. The van der Waals surface area contributed by atoms with Crippen LogP contribution in [0.3, 0.4) is 0 Å². The second kappa shape index (κ2) is 5.99. The normalized spacial score (nSPS) is 11.5. The maximum Gasteiger partial charge on any atom is 0.393 e. The van der Waals surface area contributed by atoms with Gasteiger partial charge in [0, 0.05) is 12.3 Å². The van der Waals surface area contributed by atoms with Gasteiger partial charge in [-0.1, -0.05) is 0 Å². The number of aromatic carboxylic acids is 1. The maximum atomic E-state index is 12.7. The third-order valence-corrected chi connectivity index (χ3v) is 3.25. The number of halogens is 4. The molecule has 11 heteroatoms. The fourth-order valence-corrected chi connectivity index (χ4v) is 2.28. The second-order valence-electron chi connectivity index (χ2n) is 4.46. The molecule has 1 aromatic carbocycles. The van der Waals surface area contributed by atoms with Crippen LogP contribution in [0.15, 0.2) is 29.3 Å². The lowest BCUT2D eigenvalue weighted by molar-refractivity contribution is -0.385. The molecule has 0 unspecified atom stereocenters. The van der Waals surface area contributed by atoms with E-state index in [4.69, 9.17) is 5.11 Å². The van der Waals surface area contributed by atoms with Crippen LogP contribution in [0.2, 0.25) is 0 Å². The Hall–Kier alpha value is -2.43. The number of rotatable bonds is 4. The molecule has 0 fully saturated rings. The molecule has 0 amide bonds. The number of hydrogen-bond donors (Lipinski definition) is 1. The summed E-state index contributed by atoms with van der Waals surface area (Å²) in [4.78, 5) is 24.8. The van der Waals surface area contributed by atoms with Crippen molar-refractivity contribution in [2.75, 3.05) is 0 Å². The van der Waals surface area contributed by atoms with Gasteiger partial charge in [-0.25, -0.2) is 9.78 Å². The van der Waals surface area contributed by atoms with E-state index in [2.05, 4.69) is 20.9 Å². The van der Waals surface area contributed by atoms with Gasteiger partial charge in [-0.15, -0.1) is 0 Å². The Balaban J connectivity index is 2.73. The summed E-state index contributed by atoms with van der Waals surface area (Å²) in [5.74, 6) is -1.62. The van der Waals surface area contributed by atoms with E-state index in [0.717, 1.165) is 17.0 Å². The van der Waals surface area contributed by atoms with Crippen molar-refractivity contribution >= 4 is 27.6 Å². The van der Waals surface area contributed by atoms with Crippen molar-refractivity contribution in [3.63, 3.8) is 0 Å². The first kappa shape index (κ1) is 16.9. The number of nitrogens with zero attached hydrogens (tertiary/aromatic N) is 3. The first-order valence-electron chi connectivity index (χ1n) is 5.89. The first-order chi connectivity index (χ1) is 10.6. The summed E-state index contributed by atoms with van der Waals surface area (Å²) >= 11 is 3.02. The van der Waals surface area contributed by atoms with Crippen LogP contribution in [-0.2, 0) is 6.42 Å². The monoisotopic (exact) mass is 393 g/mol. The van der Waals surface area contributed by atoms with Crippen molar-refractivity contribution in [1.82, 2.24) is 9.55 Å². The lowest BCUT2D eigenvalue weighted by Crippen LogP contribution is -2.15. The Labute approximate surface area is 134 Å². The molecule has 2 rings (SSSR count). The van der Waals surface area contributed by atoms with Gasteiger partial charge in [-0.2, -0.15) is 13.2 Å². The zero-order valence-corrected chi connectivity index (χ0v) is 12.6. The van der Waals surface area contributed by atoms with Gasteiger partial charge >= 0.3 is 12.1 Å². The Bertz CT molecular complexity index is 788. The van der Waals surface area contributed by atoms with Crippen LogP contribution in [0.5, 0.6) is 0 Å². The highest BCUT2D eigenvalue weighted by Crippen LogP contribution is 2.31. The number of nitro benzene ring substituents is 1. The van der Waals surface area contributed by atoms with Gasteiger partial charge in [-0.05, 0) is 27.6 Å². The van der Waals surface area contributed by atoms with Crippen molar-refractivity contribution in [2.24, 2.45) is 0 Å². The molecule has 0 aliphatic rings. The average Bonchev–Trinajstić information content (AvgIpc) is 2.82. The number of carbonyl (C=O) groups is 1. The Kier molecular flexibility index (Phi) is 4.41. The van der Waals surface area contributed by atoms with Crippen LogP contribution in [0.25, 0.3) is 5.69 Å². The minimum absolute atomic E-state index is 0.150.